The molecule has 242 valence electrons. The monoisotopic (exact) mass is 653 g/mol. The van der Waals surface area contributed by atoms with Gasteiger partial charge in [0.25, 0.3) is 0 Å². The number of benzene rings is 7. The first kappa shape index (κ1) is 30.6. The lowest BCUT2D eigenvalue weighted by Gasteiger charge is -2.17. The zero-order chi connectivity index (χ0) is 34.3. The Morgan fingerprint density at radius 3 is 1.55 bits per heavy atom. The van der Waals surface area contributed by atoms with Gasteiger partial charge in [-0.25, -0.2) is 15.0 Å². The van der Waals surface area contributed by atoms with Crippen LogP contribution in [0, 0.1) is 13.8 Å². The predicted molar refractivity (Wildman–Crippen MR) is 210 cm³/mol. The third-order valence-electron chi connectivity index (χ3n) is 10.1. The van der Waals surface area contributed by atoms with E-state index in [-0.39, 0.29) is 0 Å². The second-order valence-corrected chi connectivity index (χ2v) is 13.3. The summed E-state index contributed by atoms with van der Waals surface area (Å²) < 4.78 is 0. The highest BCUT2D eigenvalue weighted by atomic mass is 15.0. The van der Waals surface area contributed by atoms with Gasteiger partial charge < -0.3 is 0 Å². The molecule has 0 spiro atoms. The Labute approximate surface area is 299 Å². The van der Waals surface area contributed by atoms with Gasteiger partial charge in [-0.3, -0.25) is 0 Å². The molecule has 0 atom stereocenters. The summed E-state index contributed by atoms with van der Waals surface area (Å²) in [5.41, 5.74) is 17.9. The number of aromatic nitrogens is 3. The van der Waals surface area contributed by atoms with E-state index in [1.807, 2.05) is 36.4 Å². The Kier molecular flexibility index (Phi) is 7.67. The lowest BCUT2D eigenvalue weighted by atomic mass is 9.87. The molecule has 1 aliphatic carbocycles. The van der Waals surface area contributed by atoms with Crippen LogP contribution in [0.5, 0.6) is 0 Å². The first-order chi connectivity index (χ1) is 25.1. The molecule has 3 nitrogen and oxygen atoms in total. The Bertz CT molecular complexity index is 2500. The molecule has 0 saturated carbocycles. The molecule has 0 amide bonds. The Hall–Kier alpha value is -6.45. The lowest BCUT2D eigenvalue weighted by molar-refractivity contribution is 1.07. The molecule has 7 aromatic carbocycles. The summed E-state index contributed by atoms with van der Waals surface area (Å²) in [4.78, 5) is 15.3. The van der Waals surface area contributed by atoms with Crippen LogP contribution in [-0.2, 0) is 6.42 Å². The van der Waals surface area contributed by atoms with Crippen LogP contribution in [0.3, 0.4) is 0 Å². The average Bonchev–Trinajstić information content (AvgIpc) is 3.58. The smallest absolute Gasteiger partial charge is 0.164 e. The van der Waals surface area contributed by atoms with Crippen molar-refractivity contribution in [2.75, 3.05) is 0 Å². The van der Waals surface area contributed by atoms with Crippen LogP contribution in [0.1, 0.15) is 22.3 Å². The van der Waals surface area contributed by atoms with Gasteiger partial charge in [-0.1, -0.05) is 146 Å². The minimum atomic E-state index is 0.664. The summed E-state index contributed by atoms with van der Waals surface area (Å²) in [5, 5.41) is 0. The lowest BCUT2D eigenvalue weighted by Crippen LogP contribution is -2.01. The van der Waals surface area contributed by atoms with Crippen LogP contribution in [0.15, 0.2) is 164 Å². The fraction of sp³-hybridized carbons (Fsp3) is 0.0625. The van der Waals surface area contributed by atoms with Crippen LogP contribution < -0.4 is 0 Å². The third-order valence-corrected chi connectivity index (χ3v) is 10.1. The molecule has 3 heteroatoms. The summed E-state index contributed by atoms with van der Waals surface area (Å²) in [6.07, 6.45) is 0.832. The standard InChI is InChI=1S/C48H35N3/c1-31-15-12-13-23-39(31)41-27-36(26-25-32(41)2)42-29-38(33-16-6-3-7-17-33)30-44-43(42)28-37-22-14-24-40(45(37)44)48-50-46(34-18-8-4-9-19-34)49-47(51-48)35-20-10-5-11-21-35/h3-27,29-30H,28H2,1-2H3. The third kappa shape index (κ3) is 5.63. The zero-order valence-corrected chi connectivity index (χ0v) is 28.6. The van der Waals surface area contributed by atoms with E-state index in [0.717, 1.165) is 23.1 Å². The van der Waals surface area contributed by atoms with Crippen molar-refractivity contribution in [3.63, 3.8) is 0 Å². The van der Waals surface area contributed by atoms with E-state index < -0.39 is 0 Å². The molecule has 9 rings (SSSR count). The average molecular weight is 654 g/mol. The maximum Gasteiger partial charge on any atom is 0.164 e. The molecule has 0 bridgehead atoms. The van der Waals surface area contributed by atoms with Crippen molar-refractivity contribution in [3.05, 3.63) is 186 Å². The molecule has 51 heavy (non-hydrogen) atoms. The van der Waals surface area contributed by atoms with E-state index in [0.29, 0.717) is 17.5 Å². The van der Waals surface area contributed by atoms with Gasteiger partial charge >= 0.3 is 0 Å². The van der Waals surface area contributed by atoms with Gasteiger partial charge in [0.15, 0.2) is 17.5 Å². The van der Waals surface area contributed by atoms with Crippen molar-refractivity contribution in [1.29, 1.82) is 0 Å². The van der Waals surface area contributed by atoms with Crippen molar-refractivity contribution in [2.45, 2.75) is 20.3 Å². The van der Waals surface area contributed by atoms with Crippen LogP contribution in [0.2, 0.25) is 0 Å². The van der Waals surface area contributed by atoms with Gasteiger partial charge in [-0.15, -0.1) is 0 Å². The molecule has 0 unspecified atom stereocenters. The second kappa shape index (κ2) is 12.8. The normalized spacial score (nSPS) is 11.6. The van der Waals surface area contributed by atoms with E-state index in [2.05, 4.69) is 141 Å². The number of nitrogens with zero attached hydrogens (tertiary/aromatic N) is 3. The van der Waals surface area contributed by atoms with Gasteiger partial charge in [0.1, 0.15) is 0 Å². The maximum absolute atomic E-state index is 5.15. The minimum Gasteiger partial charge on any atom is -0.208 e. The Morgan fingerprint density at radius 1 is 0.353 bits per heavy atom. The highest BCUT2D eigenvalue weighted by Gasteiger charge is 2.28. The molecule has 1 heterocycles. The van der Waals surface area contributed by atoms with Crippen molar-refractivity contribution in [3.8, 4) is 78.7 Å². The topological polar surface area (TPSA) is 38.7 Å². The fourth-order valence-electron chi connectivity index (χ4n) is 7.47. The fourth-order valence-corrected chi connectivity index (χ4v) is 7.47. The highest BCUT2D eigenvalue weighted by molar-refractivity contribution is 5.96. The molecule has 0 saturated heterocycles. The van der Waals surface area contributed by atoms with Gasteiger partial charge in [-0.2, -0.15) is 0 Å². The van der Waals surface area contributed by atoms with Crippen molar-refractivity contribution >= 4 is 0 Å². The van der Waals surface area contributed by atoms with Crippen LogP contribution in [0.25, 0.3) is 78.7 Å². The molecular weight excluding hydrogens is 619 g/mol. The maximum atomic E-state index is 5.15. The molecule has 0 fully saturated rings. The second-order valence-electron chi connectivity index (χ2n) is 13.3. The largest absolute Gasteiger partial charge is 0.208 e. The van der Waals surface area contributed by atoms with Crippen LogP contribution in [-0.4, -0.2) is 15.0 Å². The van der Waals surface area contributed by atoms with E-state index in [9.17, 15) is 0 Å². The predicted octanol–water partition coefficient (Wildman–Crippen LogP) is 12.1. The summed E-state index contributed by atoms with van der Waals surface area (Å²) in [6, 6.07) is 58.0. The number of hydrogen-bond donors (Lipinski definition) is 0. The number of fused-ring (bicyclic) bond motifs is 3. The van der Waals surface area contributed by atoms with E-state index in [4.69, 9.17) is 15.0 Å². The van der Waals surface area contributed by atoms with Gasteiger partial charge in [-0.05, 0) is 105 Å². The molecule has 1 aliphatic rings. The van der Waals surface area contributed by atoms with Gasteiger partial charge in [0.2, 0.25) is 0 Å². The first-order valence-corrected chi connectivity index (χ1v) is 17.5. The SMILES string of the molecule is Cc1ccccc1-c1cc(-c2cc(-c3ccccc3)cc3c2Cc2cccc(-c4nc(-c5ccccc5)nc(-c5ccccc5)n4)c2-3)ccc1C. The molecule has 0 radical (unpaired) electrons. The number of rotatable bonds is 6. The highest BCUT2D eigenvalue weighted by Crippen LogP contribution is 2.48. The summed E-state index contributed by atoms with van der Waals surface area (Å²) in [5.74, 6) is 2.01. The van der Waals surface area contributed by atoms with E-state index in [1.54, 1.807) is 0 Å². The summed E-state index contributed by atoms with van der Waals surface area (Å²) >= 11 is 0. The zero-order valence-electron chi connectivity index (χ0n) is 28.6. The molecule has 8 aromatic rings. The molecule has 0 N–H and O–H groups in total. The van der Waals surface area contributed by atoms with Crippen molar-refractivity contribution in [1.82, 2.24) is 15.0 Å². The number of hydrogen-bond acceptors (Lipinski definition) is 3. The van der Waals surface area contributed by atoms with Crippen molar-refractivity contribution in [2.24, 2.45) is 0 Å². The van der Waals surface area contributed by atoms with Gasteiger partial charge in [0.05, 0.1) is 0 Å². The number of aryl methyl sites for hydroxylation is 2. The molecular formula is C48H35N3. The first-order valence-electron chi connectivity index (χ1n) is 17.5. The van der Waals surface area contributed by atoms with Crippen molar-refractivity contribution < 1.29 is 0 Å². The van der Waals surface area contributed by atoms with E-state index in [1.165, 1.54) is 66.8 Å². The molecule has 0 aliphatic heterocycles. The quantitative estimate of drug-likeness (QED) is 0.179. The van der Waals surface area contributed by atoms with Crippen LogP contribution in [0.4, 0.5) is 0 Å². The van der Waals surface area contributed by atoms with E-state index >= 15 is 0 Å². The minimum absolute atomic E-state index is 0.664. The Balaban J connectivity index is 1.27. The molecule has 1 aromatic heterocycles. The van der Waals surface area contributed by atoms with Gasteiger partial charge in [0, 0.05) is 16.7 Å². The summed E-state index contributed by atoms with van der Waals surface area (Å²) in [7, 11) is 0. The van der Waals surface area contributed by atoms with Crippen LogP contribution >= 0.6 is 0 Å². The Morgan fingerprint density at radius 2 is 0.882 bits per heavy atom. The summed E-state index contributed by atoms with van der Waals surface area (Å²) in [6.45, 7) is 4.40.